The van der Waals surface area contributed by atoms with E-state index in [0.717, 1.165) is 6.20 Å². The zero-order valence-corrected chi connectivity index (χ0v) is 9.79. The fourth-order valence-corrected chi connectivity index (χ4v) is 1.99. The lowest BCUT2D eigenvalue weighted by atomic mass is 10.5. The average Bonchev–Trinajstić information content (AvgIpc) is 2.39. The summed E-state index contributed by atoms with van der Waals surface area (Å²) in [4.78, 5) is 7.47. The lowest BCUT2D eigenvalue weighted by molar-refractivity contribution is 0.600. The first kappa shape index (κ1) is 12.1. The maximum Gasteiger partial charge on any atom is 0.265 e. The van der Waals surface area contributed by atoms with Gasteiger partial charge in [0.05, 0.1) is 12.4 Å². The lowest BCUT2D eigenvalue weighted by Crippen LogP contribution is -2.16. The van der Waals surface area contributed by atoms with Crippen LogP contribution in [0.3, 0.4) is 0 Å². The number of hydrogen-bond donors (Lipinski definition) is 3. The van der Waals surface area contributed by atoms with Crippen molar-refractivity contribution >= 4 is 21.8 Å². The van der Waals surface area contributed by atoms with Crippen LogP contribution in [0.15, 0.2) is 35.6 Å². The van der Waals surface area contributed by atoms with Gasteiger partial charge in [0.15, 0.2) is 0 Å². The Morgan fingerprint density at radius 2 is 2.00 bits per heavy atom. The number of sulfonamides is 1. The molecule has 0 spiro atoms. The molecule has 0 saturated carbocycles. The number of nitrogen functional groups attached to an aromatic ring is 1. The lowest BCUT2D eigenvalue weighted by Gasteiger charge is -2.05. The first-order chi connectivity index (χ1) is 8.62. The van der Waals surface area contributed by atoms with E-state index in [4.69, 9.17) is 5.84 Å². The van der Waals surface area contributed by atoms with E-state index in [2.05, 4.69) is 30.3 Å². The Labute approximate surface area is 103 Å². The summed E-state index contributed by atoms with van der Waals surface area (Å²) in [6, 6.07) is 2.78. The number of aromatic nitrogens is 4. The molecule has 0 saturated heterocycles. The molecule has 2 heterocycles. The molecule has 0 atom stereocenters. The maximum absolute atomic E-state index is 11.9. The van der Waals surface area contributed by atoms with Crippen molar-refractivity contribution in [2.24, 2.45) is 5.84 Å². The van der Waals surface area contributed by atoms with Gasteiger partial charge < -0.3 is 5.43 Å². The van der Waals surface area contributed by atoms with Crippen LogP contribution in [0.4, 0.5) is 11.8 Å². The molecule has 2 rings (SSSR count). The molecule has 2 aromatic rings. The molecule has 0 aliphatic heterocycles. The zero-order valence-electron chi connectivity index (χ0n) is 8.98. The van der Waals surface area contributed by atoms with Crippen LogP contribution in [-0.4, -0.2) is 28.6 Å². The minimum absolute atomic E-state index is 0.0334. The molecule has 10 heteroatoms. The van der Waals surface area contributed by atoms with Crippen molar-refractivity contribution in [1.82, 2.24) is 20.2 Å². The molecule has 0 bridgehead atoms. The standard InChI is InChI=1S/C8H9N7O2S/c9-13-7-2-1-6(5-11-7)18(16,17)15-8-10-3-4-12-14-8/h1-5H,9H2,(H,11,13)(H,10,14,15). The summed E-state index contributed by atoms with van der Waals surface area (Å²) in [5.41, 5.74) is 2.29. The minimum Gasteiger partial charge on any atom is -0.308 e. The fourth-order valence-electron chi connectivity index (χ4n) is 1.10. The molecule has 4 N–H and O–H groups in total. The third-order valence-electron chi connectivity index (χ3n) is 1.90. The van der Waals surface area contributed by atoms with E-state index >= 15 is 0 Å². The molecule has 9 nitrogen and oxygen atoms in total. The largest absolute Gasteiger partial charge is 0.308 e. The highest BCUT2D eigenvalue weighted by atomic mass is 32.2. The smallest absolute Gasteiger partial charge is 0.265 e. The van der Waals surface area contributed by atoms with Gasteiger partial charge in [-0.15, -0.1) is 5.10 Å². The summed E-state index contributed by atoms with van der Waals surface area (Å²) >= 11 is 0. The molecule has 0 unspecified atom stereocenters. The third kappa shape index (κ3) is 2.67. The van der Waals surface area contributed by atoms with Crippen molar-refractivity contribution in [3.05, 3.63) is 30.7 Å². The molecule has 0 radical (unpaired) electrons. The molecule has 18 heavy (non-hydrogen) atoms. The number of pyridine rings is 1. The number of nitrogens with two attached hydrogens (primary N) is 1. The van der Waals surface area contributed by atoms with Crippen LogP contribution in [0.1, 0.15) is 0 Å². The number of anilines is 2. The molecule has 0 aliphatic rings. The molecule has 2 aromatic heterocycles. The van der Waals surface area contributed by atoms with Gasteiger partial charge in [-0.3, -0.25) is 0 Å². The predicted octanol–water partition coefficient (Wildman–Crippen LogP) is -0.647. The second-order valence-electron chi connectivity index (χ2n) is 3.10. The van der Waals surface area contributed by atoms with E-state index in [9.17, 15) is 8.42 Å². The van der Waals surface area contributed by atoms with Gasteiger partial charge in [0, 0.05) is 6.20 Å². The molecule has 0 aromatic carbocycles. The quantitative estimate of drug-likeness (QED) is 0.491. The summed E-state index contributed by atoms with van der Waals surface area (Å²) in [6.45, 7) is 0. The second-order valence-corrected chi connectivity index (χ2v) is 4.78. The summed E-state index contributed by atoms with van der Waals surface area (Å²) in [5.74, 6) is 5.37. The van der Waals surface area contributed by atoms with Gasteiger partial charge in [-0.2, -0.15) is 5.10 Å². The molecule has 0 aliphatic carbocycles. The van der Waals surface area contributed by atoms with E-state index in [1.54, 1.807) is 0 Å². The van der Waals surface area contributed by atoms with Gasteiger partial charge in [-0.05, 0) is 12.1 Å². The Balaban J connectivity index is 2.25. The van der Waals surface area contributed by atoms with Crippen molar-refractivity contribution in [2.45, 2.75) is 4.90 Å². The molecule has 94 valence electrons. The summed E-state index contributed by atoms with van der Waals surface area (Å²) in [7, 11) is -3.78. The second kappa shape index (κ2) is 4.89. The number of nitrogens with one attached hydrogen (secondary N) is 2. The highest BCUT2D eigenvalue weighted by molar-refractivity contribution is 7.92. The monoisotopic (exact) mass is 267 g/mol. The van der Waals surface area contributed by atoms with Crippen LogP contribution >= 0.6 is 0 Å². The van der Waals surface area contributed by atoms with Gasteiger partial charge >= 0.3 is 0 Å². The summed E-state index contributed by atoms with van der Waals surface area (Å²) < 4.78 is 25.9. The van der Waals surface area contributed by atoms with Crippen LogP contribution in [0.2, 0.25) is 0 Å². The summed E-state index contributed by atoms with van der Waals surface area (Å²) in [5, 5.41) is 7.03. The van der Waals surface area contributed by atoms with Crippen molar-refractivity contribution in [3.8, 4) is 0 Å². The normalized spacial score (nSPS) is 10.9. The third-order valence-corrected chi connectivity index (χ3v) is 3.22. The number of rotatable bonds is 4. The van der Waals surface area contributed by atoms with Gasteiger partial charge in [0.2, 0.25) is 0 Å². The first-order valence-corrected chi connectivity index (χ1v) is 6.19. The summed E-state index contributed by atoms with van der Waals surface area (Å²) in [6.07, 6.45) is 3.82. The van der Waals surface area contributed by atoms with E-state index < -0.39 is 10.0 Å². The highest BCUT2D eigenvalue weighted by Crippen LogP contribution is 2.12. The van der Waals surface area contributed by atoms with E-state index in [1.807, 2.05) is 0 Å². The van der Waals surface area contributed by atoms with Crippen LogP contribution in [0.5, 0.6) is 0 Å². The van der Waals surface area contributed by atoms with Gasteiger partial charge in [0.25, 0.3) is 16.0 Å². The fraction of sp³-hybridized carbons (Fsp3) is 0. The topological polar surface area (TPSA) is 136 Å². The van der Waals surface area contributed by atoms with Gasteiger partial charge in [-0.25, -0.2) is 29.0 Å². The Bertz CT molecular complexity index is 614. The van der Waals surface area contributed by atoms with E-state index in [0.29, 0.717) is 5.82 Å². The van der Waals surface area contributed by atoms with Crippen LogP contribution < -0.4 is 16.0 Å². The zero-order chi connectivity index (χ0) is 13.0. The molecular weight excluding hydrogens is 258 g/mol. The van der Waals surface area contributed by atoms with E-state index in [1.165, 1.54) is 24.5 Å². The predicted molar refractivity (Wildman–Crippen MR) is 62.7 cm³/mol. The van der Waals surface area contributed by atoms with Crippen LogP contribution in [0, 0.1) is 0 Å². The average molecular weight is 267 g/mol. The Morgan fingerprint density at radius 3 is 2.56 bits per heavy atom. The molecular formula is C8H9N7O2S. The van der Waals surface area contributed by atoms with Crippen molar-refractivity contribution in [3.63, 3.8) is 0 Å². The Hall–Kier alpha value is -2.33. The number of nitrogens with zero attached hydrogens (tertiary/aromatic N) is 4. The molecule has 0 fully saturated rings. The maximum atomic E-state index is 11.9. The highest BCUT2D eigenvalue weighted by Gasteiger charge is 2.15. The van der Waals surface area contributed by atoms with E-state index in [-0.39, 0.29) is 10.8 Å². The Kier molecular flexibility index (Phi) is 3.30. The minimum atomic E-state index is -3.78. The van der Waals surface area contributed by atoms with Crippen LogP contribution in [0.25, 0.3) is 0 Å². The SMILES string of the molecule is NNc1ccc(S(=O)(=O)Nc2nccnn2)cn1. The van der Waals surface area contributed by atoms with Gasteiger partial charge in [0.1, 0.15) is 10.7 Å². The van der Waals surface area contributed by atoms with Crippen molar-refractivity contribution in [1.29, 1.82) is 0 Å². The first-order valence-electron chi connectivity index (χ1n) is 4.71. The van der Waals surface area contributed by atoms with Gasteiger partial charge in [-0.1, -0.05) is 0 Å². The number of hydrazine groups is 1. The van der Waals surface area contributed by atoms with Crippen molar-refractivity contribution < 1.29 is 8.42 Å². The van der Waals surface area contributed by atoms with Crippen molar-refractivity contribution in [2.75, 3.05) is 10.1 Å². The Morgan fingerprint density at radius 1 is 1.17 bits per heavy atom. The number of hydrogen-bond acceptors (Lipinski definition) is 8. The molecule has 0 amide bonds. The van der Waals surface area contributed by atoms with Crippen LogP contribution in [-0.2, 0) is 10.0 Å².